The molecule has 0 bridgehead atoms. The molecule has 0 saturated carbocycles. The summed E-state index contributed by atoms with van der Waals surface area (Å²) >= 11 is 0. The first kappa shape index (κ1) is 12.5. The van der Waals surface area contributed by atoms with Crippen LogP contribution in [0.5, 0.6) is 0 Å². The van der Waals surface area contributed by atoms with Crippen molar-refractivity contribution >= 4 is 0 Å². The van der Waals surface area contributed by atoms with E-state index in [1.807, 2.05) is 19.2 Å². The van der Waals surface area contributed by atoms with Crippen LogP contribution >= 0.6 is 0 Å². The molecule has 1 N–H and O–H groups in total. The minimum atomic E-state index is -0.174. The molecule has 0 radical (unpaired) electrons. The van der Waals surface area contributed by atoms with E-state index in [0.717, 1.165) is 19.4 Å². The number of rotatable bonds is 4. The van der Waals surface area contributed by atoms with Gasteiger partial charge in [0.25, 0.3) is 0 Å². The average Bonchev–Trinajstić information content (AvgIpc) is 2.75. The van der Waals surface area contributed by atoms with Crippen LogP contribution in [-0.4, -0.2) is 25.8 Å². The maximum Gasteiger partial charge on any atom is 0.123 e. The summed E-state index contributed by atoms with van der Waals surface area (Å²) in [5.41, 5.74) is 1.17. The van der Waals surface area contributed by atoms with Gasteiger partial charge in [0.1, 0.15) is 5.82 Å². The van der Waals surface area contributed by atoms with Gasteiger partial charge in [-0.05, 0) is 44.5 Å². The van der Waals surface area contributed by atoms with E-state index in [1.54, 1.807) is 0 Å². The lowest BCUT2D eigenvalue weighted by atomic mass is 9.89. The first-order chi connectivity index (χ1) is 8.20. The number of ether oxygens (including phenoxy) is 1. The lowest BCUT2D eigenvalue weighted by Gasteiger charge is -2.25. The van der Waals surface area contributed by atoms with Gasteiger partial charge in [-0.25, -0.2) is 4.39 Å². The van der Waals surface area contributed by atoms with Crippen molar-refractivity contribution in [2.45, 2.75) is 31.9 Å². The Balaban J connectivity index is 2.01. The Morgan fingerprint density at radius 3 is 2.65 bits per heavy atom. The molecule has 1 aromatic rings. The third-order valence-corrected chi connectivity index (χ3v) is 3.69. The molecular weight excluding hydrogens is 217 g/mol. The fourth-order valence-corrected chi connectivity index (χ4v) is 2.62. The Bertz CT molecular complexity index is 352. The molecule has 2 rings (SSSR count). The Hall–Kier alpha value is -0.930. The van der Waals surface area contributed by atoms with E-state index in [0.29, 0.717) is 18.1 Å². The smallest absolute Gasteiger partial charge is 0.123 e. The predicted molar refractivity (Wildman–Crippen MR) is 66.5 cm³/mol. The summed E-state index contributed by atoms with van der Waals surface area (Å²) in [5, 5.41) is 3.36. The average molecular weight is 237 g/mol. The van der Waals surface area contributed by atoms with Crippen molar-refractivity contribution in [1.82, 2.24) is 5.32 Å². The normalized spacial score (nSPS) is 26.1. The number of halogens is 1. The Kier molecular flexibility index (Phi) is 4.13. The van der Waals surface area contributed by atoms with Gasteiger partial charge in [0, 0.05) is 18.6 Å². The summed E-state index contributed by atoms with van der Waals surface area (Å²) < 4.78 is 18.4. The van der Waals surface area contributed by atoms with E-state index >= 15 is 0 Å². The molecule has 94 valence electrons. The van der Waals surface area contributed by atoms with Crippen LogP contribution in [0, 0.1) is 11.7 Å². The largest absolute Gasteiger partial charge is 0.378 e. The summed E-state index contributed by atoms with van der Waals surface area (Å²) in [6, 6.07) is 7.17. The van der Waals surface area contributed by atoms with Gasteiger partial charge in [-0.15, -0.1) is 0 Å². The van der Waals surface area contributed by atoms with E-state index in [9.17, 15) is 4.39 Å². The van der Waals surface area contributed by atoms with Crippen molar-refractivity contribution in [3.63, 3.8) is 0 Å². The van der Waals surface area contributed by atoms with Crippen LogP contribution in [0.1, 0.15) is 18.9 Å². The Morgan fingerprint density at radius 1 is 1.41 bits per heavy atom. The SMILES string of the molecule is CNC(Cc1ccc(F)cc1)C1CCOC1C. The zero-order valence-electron chi connectivity index (χ0n) is 10.4. The quantitative estimate of drug-likeness (QED) is 0.868. The van der Waals surface area contributed by atoms with Gasteiger partial charge in [0.15, 0.2) is 0 Å². The van der Waals surface area contributed by atoms with Crippen LogP contribution in [0.15, 0.2) is 24.3 Å². The van der Waals surface area contributed by atoms with Crippen LogP contribution in [0.2, 0.25) is 0 Å². The first-order valence-electron chi connectivity index (χ1n) is 6.24. The monoisotopic (exact) mass is 237 g/mol. The number of hydrogen-bond donors (Lipinski definition) is 1. The maximum absolute atomic E-state index is 12.8. The topological polar surface area (TPSA) is 21.3 Å². The molecule has 17 heavy (non-hydrogen) atoms. The summed E-state index contributed by atoms with van der Waals surface area (Å²) in [6.45, 7) is 2.99. The molecule has 0 amide bonds. The van der Waals surface area contributed by atoms with E-state index < -0.39 is 0 Å². The van der Waals surface area contributed by atoms with Gasteiger partial charge in [-0.2, -0.15) is 0 Å². The molecule has 1 aromatic carbocycles. The number of likely N-dealkylation sites (N-methyl/N-ethyl adjacent to an activating group) is 1. The molecule has 0 aromatic heterocycles. The Labute approximate surface area is 102 Å². The van der Waals surface area contributed by atoms with Crippen molar-refractivity contribution in [3.8, 4) is 0 Å². The second-order valence-corrected chi connectivity index (χ2v) is 4.75. The lowest BCUT2D eigenvalue weighted by molar-refractivity contribution is 0.0963. The summed E-state index contributed by atoms with van der Waals surface area (Å²) in [4.78, 5) is 0. The zero-order valence-corrected chi connectivity index (χ0v) is 10.4. The van der Waals surface area contributed by atoms with Gasteiger partial charge < -0.3 is 10.1 Å². The van der Waals surface area contributed by atoms with E-state index in [2.05, 4.69) is 12.2 Å². The van der Waals surface area contributed by atoms with Crippen LogP contribution in [-0.2, 0) is 11.2 Å². The highest BCUT2D eigenvalue weighted by atomic mass is 19.1. The minimum absolute atomic E-state index is 0.174. The summed E-state index contributed by atoms with van der Waals surface area (Å²) in [5.74, 6) is 0.373. The fraction of sp³-hybridized carbons (Fsp3) is 0.571. The maximum atomic E-state index is 12.8. The highest BCUT2D eigenvalue weighted by Gasteiger charge is 2.30. The number of hydrogen-bond acceptors (Lipinski definition) is 2. The second-order valence-electron chi connectivity index (χ2n) is 4.75. The van der Waals surface area contributed by atoms with Gasteiger partial charge in [0.2, 0.25) is 0 Å². The van der Waals surface area contributed by atoms with Crippen molar-refractivity contribution < 1.29 is 9.13 Å². The standard InChI is InChI=1S/C14H20FNO/c1-10-13(7-8-17-10)14(16-2)9-11-3-5-12(15)6-4-11/h3-6,10,13-14,16H,7-9H2,1-2H3. The molecule has 1 aliphatic heterocycles. The second kappa shape index (κ2) is 5.61. The molecule has 1 heterocycles. The predicted octanol–water partition coefficient (Wildman–Crippen LogP) is 2.38. The zero-order chi connectivity index (χ0) is 12.3. The third kappa shape index (κ3) is 3.05. The molecule has 0 spiro atoms. The summed E-state index contributed by atoms with van der Waals surface area (Å²) in [6.07, 6.45) is 2.34. The van der Waals surface area contributed by atoms with E-state index in [-0.39, 0.29) is 5.82 Å². The molecule has 1 saturated heterocycles. The minimum Gasteiger partial charge on any atom is -0.378 e. The van der Waals surface area contributed by atoms with Crippen molar-refractivity contribution in [2.75, 3.05) is 13.7 Å². The van der Waals surface area contributed by atoms with Crippen molar-refractivity contribution in [1.29, 1.82) is 0 Å². The number of benzene rings is 1. The van der Waals surface area contributed by atoms with Crippen LogP contribution in [0.3, 0.4) is 0 Å². The molecule has 1 fully saturated rings. The molecule has 3 unspecified atom stereocenters. The van der Waals surface area contributed by atoms with E-state index in [1.165, 1.54) is 17.7 Å². The van der Waals surface area contributed by atoms with Gasteiger partial charge in [-0.3, -0.25) is 0 Å². The van der Waals surface area contributed by atoms with Gasteiger partial charge in [0.05, 0.1) is 6.10 Å². The third-order valence-electron chi connectivity index (χ3n) is 3.69. The van der Waals surface area contributed by atoms with Gasteiger partial charge in [-0.1, -0.05) is 12.1 Å². The highest BCUT2D eigenvalue weighted by molar-refractivity contribution is 5.17. The summed E-state index contributed by atoms with van der Waals surface area (Å²) in [7, 11) is 1.99. The fourth-order valence-electron chi connectivity index (χ4n) is 2.62. The van der Waals surface area contributed by atoms with Crippen LogP contribution in [0.25, 0.3) is 0 Å². The van der Waals surface area contributed by atoms with Crippen molar-refractivity contribution in [3.05, 3.63) is 35.6 Å². The van der Waals surface area contributed by atoms with Gasteiger partial charge >= 0.3 is 0 Å². The Morgan fingerprint density at radius 2 is 2.12 bits per heavy atom. The molecular formula is C14H20FNO. The molecule has 3 heteroatoms. The molecule has 0 aliphatic carbocycles. The number of nitrogens with one attached hydrogen (secondary N) is 1. The van der Waals surface area contributed by atoms with Crippen molar-refractivity contribution in [2.24, 2.45) is 5.92 Å². The van der Waals surface area contributed by atoms with Crippen LogP contribution in [0.4, 0.5) is 4.39 Å². The molecule has 1 aliphatic rings. The molecule has 2 nitrogen and oxygen atoms in total. The first-order valence-corrected chi connectivity index (χ1v) is 6.24. The van der Waals surface area contributed by atoms with E-state index in [4.69, 9.17) is 4.74 Å². The molecule has 3 atom stereocenters. The highest BCUT2D eigenvalue weighted by Crippen LogP contribution is 2.25. The van der Waals surface area contributed by atoms with Crippen LogP contribution < -0.4 is 5.32 Å². The lowest BCUT2D eigenvalue weighted by Crippen LogP contribution is -2.38.